The Labute approximate surface area is 102 Å². The van der Waals surface area contributed by atoms with Crippen LogP contribution < -0.4 is 0 Å². The molecule has 1 amide bonds. The number of aliphatic hydroxyl groups excluding tert-OH is 1. The molecule has 98 valence electrons. The number of amides is 1. The third-order valence-corrected chi connectivity index (χ3v) is 3.84. The van der Waals surface area contributed by atoms with Crippen LogP contribution in [0, 0.1) is 0 Å². The molecule has 0 aromatic rings. The molecule has 2 heterocycles. The maximum Gasteiger partial charge on any atom is 0.409 e. The molecule has 5 heteroatoms. The smallest absolute Gasteiger partial charge is 0.409 e. The number of aliphatic hydroxyl groups is 1. The van der Waals surface area contributed by atoms with Gasteiger partial charge in [-0.1, -0.05) is 0 Å². The van der Waals surface area contributed by atoms with Gasteiger partial charge in [0.15, 0.2) is 0 Å². The van der Waals surface area contributed by atoms with Gasteiger partial charge in [0.2, 0.25) is 0 Å². The van der Waals surface area contributed by atoms with Crippen molar-refractivity contribution in [3.63, 3.8) is 0 Å². The van der Waals surface area contributed by atoms with E-state index >= 15 is 0 Å². The second-order valence-corrected chi connectivity index (χ2v) is 4.98. The highest BCUT2D eigenvalue weighted by atomic mass is 16.5. The average molecular weight is 242 g/mol. The third kappa shape index (κ3) is 3.10. The summed E-state index contributed by atoms with van der Waals surface area (Å²) in [6, 6.07) is 0.519. The van der Waals surface area contributed by atoms with E-state index in [1.165, 1.54) is 7.11 Å². The topological polar surface area (TPSA) is 53.0 Å². The lowest BCUT2D eigenvalue weighted by Gasteiger charge is -2.40. The minimum absolute atomic E-state index is 0.164. The van der Waals surface area contributed by atoms with Crippen LogP contribution in [0.4, 0.5) is 4.79 Å². The highest BCUT2D eigenvalue weighted by molar-refractivity contribution is 5.67. The van der Waals surface area contributed by atoms with Gasteiger partial charge >= 0.3 is 6.09 Å². The van der Waals surface area contributed by atoms with Crippen molar-refractivity contribution in [3.8, 4) is 0 Å². The molecular weight excluding hydrogens is 220 g/mol. The summed E-state index contributed by atoms with van der Waals surface area (Å²) in [5, 5.41) is 9.66. The first-order valence-corrected chi connectivity index (χ1v) is 6.45. The second kappa shape index (κ2) is 5.69. The summed E-state index contributed by atoms with van der Waals surface area (Å²) in [6.45, 7) is 3.41. The summed E-state index contributed by atoms with van der Waals surface area (Å²) in [5.41, 5.74) is 0. The van der Waals surface area contributed by atoms with E-state index < -0.39 is 0 Å². The Hall–Kier alpha value is -0.810. The molecule has 0 aliphatic carbocycles. The molecule has 0 saturated carbocycles. The monoisotopic (exact) mass is 242 g/mol. The number of hydrogen-bond acceptors (Lipinski definition) is 4. The van der Waals surface area contributed by atoms with Crippen LogP contribution in [0.2, 0.25) is 0 Å². The maximum atomic E-state index is 11.4. The van der Waals surface area contributed by atoms with Gasteiger partial charge in [-0.05, 0) is 32.2 Å². The van der Waals surface area contributed by atoms with Crippen molar-refractivity contribution in [1.82, 2.24) is 9.80 Å². The predicted octanol–water partition coefficient (Wildman–Crippen LogP) is 0.674. The van der Waals surface area contributed by atoms with E-state index in [4.69, 9.17) is 4.74 Å². The van der Waals surface area contributed by atoms with Crippen LogP contribution in [0.5, 0.6) is 0 Å². The van der Waals surface area contributed by atoms with Crippen LogP contribution in [0.3, 0.4) is 0 Å². The number of methoxy groups -OCH3 is 1. The molecular formula is C12H22N2O3. The summed E-state index contributed by atoms with van der Waals surface area (Å²) in [5.74, 6) is 0. The average Bonchev–Trinajstić information content (AvgIpc) is 2.38. The zero-order valence-electron chi connectivity index (χ0n) is 10.5. The Morgan fingerprint density at radius 1 is 1.24 bits per heavy atom. The number of carbonyl (C=O) groups is 1. The van der Waals surface area contributed by atoms with Crippen LogP contribution >= 0.6 is 0 Å². The van der Waals surface area contributed by atoms with Crippen molar-refractivity contribution in [2.24, 2.45) is 0 Å². The van der Waals surface area contributed by atoms with E-state index in [9.17, 15) is 9.90 Å². The van der Waals surface area contributed by atoms with Gasteiger partial charge in [-0.15, -0.1) is 0 Å². The van der Waals surface area contributed by atoms with E-state index in [-0.39, 0.29) is 12.2 Å². The molecule has 1 unspecified atom stereocenters. The molecule has 1 N–H and O–H groups in total. The molecule has 5 nitrogen and oxygen atoms in total. The molecule has 1 atom stereocenters. The lowest BCUT2D eigenvalue weighted by molar-refractivity contribution is 0.0246. The van der Waals surface area contributed by atoms with Crippen molar-refractivity contribution in [3.05, 3.63) is 0 Å². The third-order valence-electron chi connectivity index (χ3n) is 3.84. The summed E-state index contributed by atoms with van der Waals surface area (Å²) < 4.78 is 4.72. The highest BCUT2D eigenvalue weighted by Crippen LogP contribution is 2.21. The van der Waals surface area contributed by atoms with Gasteiger partial charge in [-0.25, -0.2) is 4.79 Å². The predicted molar refractivity (Wildman–Crippen MR) is 63.8 cm³/mol. The fourth-order valence-electron chi connectivity index (χ4n) is 2.86. The summed E-state index contributed by atoms with van der Waals surface area (Å²) in [7, 11) is 1.43. The normalized spacial score (nSPS) is 28.1. The number of nitrogens with zero attached hydrogens (tertiary/aromatic N) is 2. The van der Waals surface area contributed by atoms with Gasteiger partial charge in [-0.2, -0.15) is 0 Å². The Kier molecular flexibility index (Phi) is 4.23. The largest absolute Gasteiger partial charge is 0.453 e. The standard InChI is InChI=1S/C12H22N2O3/c1-17-12(16)13-7-4-10(5-8-13)14-6-2-3-11(15)9-14/h10-11,15H,2-9H2,1H3. The van der Waals surface area contributed by atoms with Crippen molar-refractivity contribution in [1.29, 1.82) is 0 Å². The fourth-order valence-corrected chi connectivity index (χ4v) is 2.86. The van der Waals surface area contributed by atoms with Crippen molar-refractivity contribution < 1.29 is 14.6 Å². The molecule has 2 rings (SSSR count). The number of likely N-dealkylation sites (tertiary alicyclic amines) is 2. The number of rotatable bonds is 1. The lowest BCUT2D eigenvalue weighted by Crippen LogP contribution is -2.50. The maximum absolute atomic E-state index is 11.4. The molecule has 0 radical (unpaired) electrons. The Morgan fingerprint density at radius 3 is 2.53 bits per heavy atom. The van der Waals surface area contributed by atoms with Crippen LogP contribution in [0.1, 0.15) is 25.7 Å². The minimum Gasteiger partial charge on any atom is -0.453 e. The number of ether oxygens (including phenoxy) is 1. The van der Waals surface area contributed by atoms with E-state index in [0.29, 0.717) is 6.04 Å². The molecule has 0 aromatic heterocycles. The van der Waals surface area contributed by atoms with Crippen molar-refractivity contribution in [2.45, 2.75) is 37.8 Å². The van der Waals surface area contributed by atoms with Gasteiger partial charge in [-0.3, -0.25) is 4.90 Å². The highest BCUT2D eigenvalue weighted by Gasteiger charge is 2.29. The summed E-state index contributed by atoms with van der Waals surface area (Å²) in [6.07, 6.45) is 3.60. The lowest BCUT2D eigenvalue weighted by atomic mass is 9.99. The first kappa shape index (κ1) is 12.6. The Balaban J connectivity index is 1.80. The van der Waals surface area contributed by atoms with Gasteiger partial charge < -0.3 is 14.7 Å². The molecule has 2 fully saturated rings. The van der Waals surface area contributed by atoms with Crippen molar-refractivity contribution in [2.75, 3.05) is 33.3 Å². The number of hydrogen-bond donors (Lipinski definition) is 1. The van der Waals surface area contributed by atoms with E-state index in [0.717, 1.165) is 51.9 Å². The molecule has 17 heavy (non-hydrogen) atoms. The van der Waals surface area contributed by atoms with Gasteiger partial charge in [0, 0.05) is 25.7 Å². The molecule has 2 aliphatic heterocycles. The van der Waals surface area contributed by atoms with Crippen LogP contribution in [0.15, 0.2) is 0 Å². The summed E-state index contributed by atoms with van der Waals surface area (Å²) >= 11 is 0. The van der Waals surface area contributed by atoms with E-state index in [1.807, 2.05) is 0 Å². The Bertz CT molecular complexity index is 264. The fraction of sp³-hybridized carbons (Fsp3) is 0.917. The zero-order chi connectivity index (χ0) is 12.3. The second-order valence-electron chi connectivity index (χ2n) is 4.98. The van der Waals surface area contributed by atoms with Gasteiger partial charge in [0.1, 0.15) is 0 Å². The number of piperidine rings is 2. The van der Waals surface area contributed by atoms with Crippen LogP contribution in [-0.4, -0.2) is 66.4 Å². The minimum atomic E-state index is -0.220. The first-order valence-electron chi connectivity index (χ1n) is 6.45. The SMILES string of the molecule is COC(=O)N1CCC(N2CCCC(O)C2)CC1. The van der Waals surface area contributed by atoms with Crippen LogP contribution in [-0.2, 0) is 4.74 Å². The van der Waals surface area contributed by atoms with Crippen molar-refractivity contribution >= 4 is 6.09 Å². The van der Waals surface area contributed by atoms with E-state index in [2.05, 4.69) is 4.90 Å². The van der Waals surface area contributed by atoms with Gasteiger partial charge in [0.05, 0.1) is 13.2 Å². The van der Waals surface area contributed by atoms with Crippen LogP contribution in [0.25, 0.3) is 0 Å². The van der Waals surface area contributed by atoms with Gasteiger partial charge in [0.25, 0.3) is 0 Å². The summed E-state index contributed by atoms with van der Waals surface area (Å²) in [4.78, 5) is 15.5. The molecule has 0 aromatic carbocycles. The molecule has 0 bridgehead atoms. The first-order chi connectivity index (χ1) is 8.20. The van der Waals surface area contributed by atoms with E-state index in [1.54, 1.807) is 4.90 Å². The number of β-amino-alcohol motifs (C(OH)–C–C–N with tert-alkyl or cyclic N) is 1. The molecule has 0 spiro atoms. The molecule has 2 saturated heterocycles. The molecule has 2 aliphatic rings. The Morgan fingerprint density at radius 2 is 1.94 bits per heavy atom. The number of carbonyl (C=O) groups excluding carboxylic acids is 1. The zero-order valence-corrected chi connectivity index (χ0v) is 10.5. The quantitative estimate of drug-likeness (QED) is 0.734.